The lowest BCUT2D eigenvalue weighted by atomic mass is 9.97. The second-order valence-corrected chi connectivity index (χ2v) is 5.08. The molecule has 0 aromatic heterocycles. The standard InChI is InChI=1S/C15H24FN/c1-4-9-17-14(10-12(2)3)11-13-7-5-6-8-15(13)16/h5-8,12,14,17H,4,9-11H2,1-3H3. The van der Waals surface area contributed by atoms with Gasteiger partial charge in [-0.25, -0.2) is 4.39 Å². The highest BCUT2D eigenvalue weighted by Gasteiger charge is 2.12. The molecule has 2 heteroatoms. The summed E-state index contributed by atoms with van der Waals surface area (Å²) in [5.74, 6) is 0.552. The molecule has 0 saturated carbocycles. The zero-order valence-electron chi connectivity index (χ0n) is 11.2. The average Bonchev–Trinajstić information content (AvgIpc) is 2.28. The molecule has 0 heterocycles. The largest absolute Gasteiger partial charge is 0.314 e. The van der Waals surface area contributed by atoms with Crippen LogP contribution in [0.5, 0.6) is 0 Å². The minimum absolute atomic E-state index is 0.0837. The molecule has 1 rings (SSSR count). The van der Waals surface area contributed by atoms with Crippen molar-refractivity contribution in [3.63, 3.8) is 0 Å². The summed E-state index contributed by atoms with van der Waals surface area (Å²) >= 11 is 0. The first kappa shape index (κ1) is 14.2. The van der Waals surface area contributed by atoms with Gasteiger partial charge < -0.3 is 5.32 Å². The summed E-state index contributed by atoms with van der Waals surface area (Å²) in [6, 6.07) is 7.46. The van der Waals surface area contributed by atoms with Gasteiger partial charge in [-0.15, -0.1) is 0 Å². The van der Waals surface area contributed by atoms with E-state index in [0.717, 1.165) is 31.4 Å². The summed E-state index contributed by atoms with van der Waals surface area (Å²) in [5.41, 5.74) is 0.821. The monoisotopic (exact) mass is 237 g/mol. The molecule has 96 valence electrons. The molecule has 1 unspecified atom stereocenters. The minimum Gasteiger partial charge on any atom is -0.314 e. The summed E-state index contributed by atoms with van der Waals surface area (Å²) in [5, 5.41) is 3.51. The molecule has 0 radical (unpaired) electrons. The Labute approximate surface area is 104 Å². The molecule has 1 aromatic carbocycles. The van der Waals surface area contributed by atoms with Gasteiger partial charge in [-0.1, -0.05) is 39.0 Å². The van der Waals surface area contributed by atoms with Gasteiger partial charge in [-0.3, -0.25) is 0 Å². The number of rotatable bonds is 7. The molecule has 0 spiro atoms. The fourth-order valence-corrected chi connectivity index (χ4v) is 2.09. The van der Waals surface area contributed by atoms with Gasteiger partial charge in [-0.2, -0.15) is 0 Å². The fraction of sp³-hybridized carbons (Fsp3) is 0.600. The lowest BCUT2D eigenvalue weighted by molar-refractivity contribution is 0.411. The van der Waals surface area contributed by atoms with Crippen molar-refractivity contribution in [2.45, 2.75) is 46.1 Å². The van der Waals surface area contributed by atoms with Gasteiger partial charge in [0.05, 0.1) is 0 Å². The Kier molecular flexibility index (Phi) is 6.20. The Bertz CT molecular complexity index is 322. The first-order valence-corrected chi connectivity index (χ1v) is 6.60. The highest BCUT2D eigenvalue weighted by Crippen LogP contribution is 2.14. The third-order valence-electron chi connectivity index (χ3n) is 2.86. The minimum atomic E-state index is -0.0837. The maximum absolute atomic E-state index is 13.6. The quantitative estimate of drug-likeness (QED) is 0.761. The number of hydrogen-bond acceptors (Lipinski definition) is 1. The molecule has 1 aromatic rings. The molecule has 0 bridgehead atoms. The molecule has 0 aliphatic carbocycles. The van der Waals surface area contributed by atoms with Crippen molar-refractivity contribution in [1.29, 1.82) is 0 Å². The average molecular weight is 237 g/mol. The number of halogens is 1. The molecule has 1 N–H and O–H groups in total. The SMILES string of the molecule is CCCNC(Cc1ccccc1F)CC(C)C. The predicted octanol–water partition coefficient (Wildman–Crippen LogP) is 3.78. The van der Waals surface area contributed by atoms with Crippen LogP contribution < -0.4 is 5.32 Å². The summed E-state index contributed by atoms with van der Waals surface area (Å²) in [4.78, 5) is 0. The maximum Gasteiger partial charge on any atom is 0.126 e. The van der Waals surface area contributed by atoms with Crippen LogP contribution in [0.2, 0.25) is 0 Å². The molecule has 1 atom stereocenters. The second kappa shape index (κ2) is 7.44. The highest BCUT2D eigenvalue weighted by molar-refractivity contribution is 5.18. The van der Waals surface area contributed by atoms with Crippen LogP contribution in [-0.2, 0) is 6.42 Å². The van der Waals surface area contributed by atoms with E-state index in [1.807, 2.05) is 12.1 Å². The molecule has 1 nitrogen and oxygen atoms in total. The Morgan fingerprint density at radius 3 is 2.53 bits per heavy atom. The summed E-state index contributed by atoms with van der Waals surface area (Å²) < 4.78 is 13.6. The van der Waals surface area contributed by atoms with Crippen LogP contribution in [-0.4, -0.2) is 12.6 Å². The Morgan fingerprint density at radius 2 is 1.94 bits per heavy atom. The number of hydrogen-bond donors (Lipinski definition) is 1. The van der Waals surface area contributed by atoms with Gasteiger partial charge in [0.15, 0.2) is 0 Å². The van der Waals surface area contributed by atoms with Crippen LogP contribution in [0.1, 0.15) is 39.2 Å². The van der Waals surface area contributed by atoms with Crippen molar-refractivity contribution in [1.82, 2.24) is 5.32 Å². The number of nitrogens with one attached hydrogen (secondary N) is 1. The summed E-state index contributed by atoms with van der Waals surface area (Å²) in [6.07, 6.45) is 2.99. The van der Waals surface area contributed by atoms with Gasteiger partial charge in [0, 0.05) is 6.04 Å². The Balaban J connectivity index is 2.61. The topological polar surface area (TPSA) is 12.0 Å². The van der Waals surface area contributed by atoms with Crippen molar-refractivity contribution in [3.05, 3.63) is 35.6 Å². The molecule has 0 aliphatic heterocycles. The smallest absolute Gasteiger partial charge is 0.126 e. The van der Waals surface area contributed by atoms with Gasteiger partial charge in [0.1, 0.15) is 5.82 Å². The number of benzene rings is 1. The summed E-state index contributed by atoms with van der Waals surface area (Å²) in [7, 11) is 0. The van der Waals surface area contributed by atoms with Gasteiger partial charge >= 0.3 is 0 Å². The van der Waals surface area contributed by atoms with E-state index in [-0.39, 0.29) is 5.82 Å². The zero-order valence-corrected chi connectivity index (χ0v) is 11.2. The van der Waals surface area contributed by atoms with Crippen LogP contribution in [0.4, 0.5) is 4.39 Å². The molecule has 0 saturated heterocycles. The van der Waals surface area contributed by atoms with Crippen molar-refractivity contribution < 1.29 is 4.39 Å². The first-order valence-electron chi connectivity index (χ1n) is 6.60. The van der Waals surface area contributed by atoms with Gasteiger partial charge in [-0.05, 0) is 43.4 Å². The normalized spacial score (nSPS) is 13.0. The van der Waals surface area contributed by atoms with E-state index in [2.05, 4.69) is 26.1 Å². The lowest BCUT2D eigenvalue weighted by Gasteiger charge is -2.20. The van der Waals surface area contributed by atoms with Crippen molar-refractivity contribution in [3.8, 4) is 0 Å². The predicted molar refractivity (Wildman–Crippen MR) is 71.6 cm³/mol. The van der Waals surface area contributed by atoms with E-state index in [4.69, 9.17) is 0 Å². The molecular weight excluding hydrogens is 213 g/mol. The van der Waals surface area contributed by atoms with E-state index in [1.165, 1.54) is 0 Å². The van der Waals surface area contributed by atoms with E-state index >= 15 is 0 Å². The second-order valence-electron chi connectivity index (χ2n) is 5.08. The molecule has 17 heavy (non-hydrogen) atoms. The van der Waals surface area contributed by atoms with Crippen LogP contribution in [0, 0.1) is 11.7 Å². The van der Waals surface area contributed by atoms with Crippen molar-refractivity contribution >= 4 is 0 Å². The fourth-order valence-electron chi connectivity index (χ4n) is 2.09. The van der Waals surface area contributed by atoms with Gasteiger partial charge in [0.25, 0.3) is 0 Å². The summed E-state index contributed by atoms with van der Waals surface area (Å²) in [6.45, 7) is 7.58. The Morgan fingerprint density at radius 1 is 1.24 bits per heavy atom. The third-order valence-corrected chi connectivity index (χ3v) is 2.86. The van der Waals surface area contributed by atoms with Crippen molar-refractivity contribution in [2.24, 2.45) is 5.92 Å². The molecule has 0 amide bonds. The van der Waals surface area contributed by atoms with Crippen LogP contribution in [0.15, 0.2) is 24.3 Å². The van der Waals surface area contributed by atoms with E-state index in [0.29, 0.717) is 12.0 Å². The van der Waals surface area contributed by atoms with Crippen LogP contribution in [0.3, 0.4) is 0 Å². The molecule has 0 fully saturated rings. The Hall–Kier alpha value is -0.890. The first-order chi connectivity index (χ1) is 8.13. The third kappa shape index (κ3) is 5.31. The maximum atomic E-state index is 13.6. The van der Waals surface area contributed by atoms with E-state index in [1.54, 1.807) is 12.1 Å². The van der Waals surface area contributed by atoms with Crippen LogP contribution >= 0.6 is 0 Å². The van der Waals surface area contributed by atoms with Gasteiger partial charge in [0.2, 0.25) is 0 Å². The van der Waals surface area contributed by atoms with E-state index in [9.17, 15) is 4.39 Å². The highest BCUT2D eigenvalue weighted by atomic mass is 19.1. The zero-order chi connectivity index (χ0) is 12.7. The molecule has 0 aliphatic rings. The van der Waals surface area contributed by atoms with E-state index < -0.39 is 0 Å². The molecular formula is C15H24FN. The van der Waals surface area contributed by atoms with Crippen LogP contribution in [0.25, 0.3) is 0 Å². The lowest BCUT2D eigenvalue weighted by Crippen LogP contribution is -2.33. The van der Waals surface area contributed by atoms with Crippen molar-refractivity contribution in [2.75, 3.05) is 6.54 Å².